The zero-order valence-corrected chi connectivity index (χ0v) is 11.8. The maximum Gasteiger partial charge on any atom is 0.243 e. The van der Waals surface area contributed by atoms with Crippen LogP contribution in [0.3, 0.4) is 0 Å². The van der Waals surface area contributed by atoms with Crippen molar-refractivity contribution in [3.05, 3.63) is 65.7 Å². The number of benzene rings is 2. The van der Waals surface area contributed by atoms with Crippen LogP contribution in [-0.2, 0) is 10.0 Å². The Hall–Kier alpha value is -1.83. The summed E-state index contributed by atoms with van der Waals surface area (Å²) in [5, 5.41) is 0. The molecule has 0 saturated heterocycles. The van der Waals surface area contributed by atoms with E-state index in [1.165, 1.54) is 0 Å². The van der Waals surface area contributed by atoms with Crippen LogP contribution in [0.15, 0.2) is 53.4 Å². The Kier molecular flexibility index (Phi) is 4.66. The third-order valence-corrected chi connectivity index (χ3v) is 4.34. The molecule has 2 rings (SSSR count). The molecule has 112 valence electrons. The second-order valence-electron chi connectivity index (χ2n) is 4.44. The minimum Gasteiger partial charge on any atom is -0.323 e. The molecule has 0 aliphatic heterocycles. The molecule has 3 N–H and O–H groups in total. The first-order valence-electron chi connectivity index (χ1n) is 6.15. The molecule has 1 unspecified atom stereocenters. The first-order chi connectivity index (χ1) is 9.90. The normalized spacial score (nSPS) is 13.1. The van der Waals surface area contributed by atoms with Crippen molar-refractivity contribution in [3.8, 4) is 0 Å². The van der Waals surface area contributed by atoms with Crippen molar-refractivity contribution >= 4 is 10.0 Å². The molecule has 7 heteroatoms. The highest BCUT2D eigenvalue weighted by molar-refractivity contribution is 7.89. The second-order valence-corrected chi connectivity index (χ2v) is 6.18. The van der Waals surface area contributed by atoms with Gasteiger partial charge in [0.25, 0.3) is 0 Å². The third-order valence-electron chi connectivity index (χ3n) is 2.90. The predicted molar refractivity (Wildman–Crippen MR) is 74.9 cm³/mol. The lowest BCUT2D eigenvalue weighted by molar-refractivity contribution is 0.541. The van der Waals surface area contributed by atoms with Crippen molar-refractivity contribution in [1.82, 2.24) is 4.72 Å². The lowest BCUT2D eigenvalue weighted by atomic mass is 10.1. The molecule has 0 aromatic heterocycles. The van der Waals surface area contributed by atoms with Crippen molar-refractivity contribution in [2.24, 2.45) is 5.73 Å². The molecule has 0 heterocycles. The summed E-state index contributed by atoms with van der Waals surface area (Å²) in [4.78, 5) is -0.734. The molecular formula is C14H14F2N2O2S. The lowest BCUT2D eigenvalue weighted by Crippen LogP contribution is -2.32. The van der Waals surface area contributed by atoms with Crippen LogP contribution in [0.1, 0.15) is 11.6 Å². The number of rotatable bonds is 5. The smallest absolute Gasteiger partial charge is 0.243 e. The van der Waals surface area contributed by atoms with Crippen LogP contribution in [0.4, 0.5) is 8.78 Å². The van der Waals surface area contributed by atoms with Gasteiger partial charge in [-0.05, 0) is 23.8 Å². The molecular weight excluding hydrogens is 298 g/mol. The molecule has 0 saturated carbocycles. The molecule has 0 aliphatic rings. The van der Waals surface area contributed by atoms with Gasteiger partial charge in [-0.2, -0.15) is 0 Å². The van der Waals surface area contributed by atoms with Crippen LogP contribution in [0.5, 0.6) is 0 Å². The molecule has 2 aromatic rings. The Bertz CT molecular complexity index is 721. The van der Waals surface area contributed by atoms with E-state index in [-0.39, 0.29) is 6.54 Å². The highest BCUT2D eigenvalue weighted by atomic mass is 32.2. The monoisotopic (exact) mass is 312 g/mol. The Morgan fingerprint density at radius 2 is 1.76 bits per heavy atom. The number of halogens is 2. The summed E-state index contributed by atoms with van der Waals surface area (Å²) in [6.45, 7) is -0.123. The van der Waals surface area contributed by atoms with Crippen molar-refractivity contribution in [2.45, 2.75) is 10.9 Å². The van der Waals surface area contributed by atoms with Gasteiger partial charge in [0.15, 0.2) is 0 Å². The molecule has 0 amide bonds. The van der Waals surface area contributed by atoms with E-state index in [2.05, 4.69) is 4.72 Å². The van der Waals surface area contributed by atoms with E-state index < -0.39 is 32.6 Å². The SMILES string of the molecule is NC(CNS(=O)(=O)c1cc(F)ccc1F)c1ccccc1. The van der Waals surface area contributed by atoms with Gasteiger partial charge < -0.3 is 5.73 Å². The molecule has 2 aromatic carbocycles. The van der Waals surface area contributed by atoms with E-state index in [4.69, 9.17) is 5.73 Å². The molecule has 0 bridgehead atoms. The summed E-state index contributed by atoms with van der Waals surface area (Å²) in [5.41, 5.74) is 6.59. The summed E-state index contributed by atoms with van der Waals surface area (Å²) < 4.78 is 52.7. The number of nitrogens with two attached hydrogens (primary N) is 1. The zero-order valence-electron chi connectivity index (χ0n) is 11.0. The summed E-state index contributed by atoms with van der Waals surface area (Å²) >= 11 is 0. The topological polar surface area (TPSA) is 72.2 Å². The molecule has 0 spiro atoms. The second kappa shape index (κ2) is 6.30. The summed E-state index contributed by atoms with van der Waals surface area (Å²) in [5.74, 6) is -1.85. The first kappa shape index (κ1) is 15.6. The van der Waals surface area contributed by atoms with Gasteiger partial charge >= 0.3 is 0 Å². The highest BCUT2D eigenvalue weighted by Gasteiger charge is 2.20. The Morgan fingerprint density at radius 3 is 2.43 bits per heavy atom. The fraction of sp³-hybridized carbons (Fsp3) is 0.143. The maximum atomic E-state index is 13.5. The fourth-order valence-electron chi connectivity index (χ4n) is 1.78. The van der Waals surface area contributed by atoms with Gasteiger partial charge in [0, 0.05) is 12.6 Å². The van der Waals surface area contributed by atoms with Crippen molar-refractivity contribution in [3.63, 3.8) is 0 Å². The summed E-state index contributed by atoms with van der Waals surface area (Å²) in [6.07, 6.45) is 0. The van der Waals surface area contributed by atoms with Crippen LogP contribution < -0.4 is 10.5 Å². The van der Waals surface area contributed by atoms with E-state index in [9.17, 15) is 17.2 Å². The quantitative estimate of drug-likeness (QED) is 0.886. The van der Waals surface area contributed by atoms with Crippen LogP contribution in [0, 0.1) is 11.6 Å². The van der Waals surface area contributed by atoms with Gasteiger partial charge in [-0.25, -0.2) is 21.9 Å². The molecule has 0 fully saturated rings. The van der Waals surface area contributed by atoms with Crippen LogP contribution in [-0.4, -0.2) is 15.0 Å². The van der Waals surface area contributed by atoms with Gasteiger partial charge in [-0.3, -0.25) is 0 Å². The Morgan fingerprint density at radius 1 is 1.10 bits per heavy atom. The van der Waals surface area contributed by atoms with Gasteiger partial charge in [0.1, 0.15) is 16.5 Å². The van der Waals surface area contributed by atoms with E-state index in [0.29, 0.717) is 6.07 Å². The number of hydrogen-bond donors (Lipinski definition) is 2. The van der Waals surface area contributed by atoms with E-state index in [0.717, 1.165) is 17.7 Å². The number of hydrogen-bond acceptors (Lipinski definition) is 3. The highest BCUT2D eigenvalue weighted by Crippen LogP contribution is 2.16. The van der Waals surface area contributed by atoms with Crippen molar-refractivity contribution in [2.75, 3.05) is 6.54 Å². The van der Waals surface area contributed by atoms with Crippen molar-refractivity contribution in [1.29, 1.82) is 0 Å². The predicted octanol–water partition coefficient (Wildman–Crippen LogP) is 1.94. The van der Waals surface area contributed by atoms with Gasteiger partial charge in [0.2, 0.25) is 10.0 Å². The molecule has 0 aliphatic carbocycles. The minimum absolute atomic E-state index is 0.123. The standard InChI is InChI=1S/C14H14F2N2O2S/c15-11-6-7-12(16)14(8-11)21(19,20)18-9-13(17)10-4-2-1-3-5-10/h1-8,13,18H,9,17H2. The Labute approximate surface area is 121 Å². The minimum atomic E-state index is -4.16. The number of nitrogens with one attached hydrogen (secondary N) is 1. The maximum absolute atomic E-state index is 13.5. The van der Waals surface area contributed by atoms with Gasteiger partial charge in [-0.15, -0.1) is 0 Å². The van der Waals surface area contributed by atoms with E-state index >= 15 is 0 Å². The van der Waals surface area contributed by atoms with E-state index in [1.807, 2.05) is 6.07 Å². The van der Waals surface area contributed by atoms with Crippen LogP contribution in [0.25, 0.3) is 0 Å². The number of sulfonamides is 1. The molecule has 4 nitrogen and oxygen atoms in total. The Balaban J connectivity index is 2.13. The first-order valence-corrected chi connectivity index (χ1v) is 7.64. The summed E-state index contributed by atoms with van der Waals surface area (Å²) in [6, 6.07) is 10.5. The molecule has 1 atom stereocenters. The lowest BCUT2D eigenvalue weighted by Gasteiger charge is -2.13. The van der Waals surface area contributed by atoms with Crippen LogP contribution >= 0.6 is 0 Å². The largest absolute Gasteiger partial charge is 0.323 e. The van der Waals surface area contributed by atoms with E-state index in [1.54, 1.807) is 24.3 Å². The molecule has 0 radical (unpaired) electrons. The summed E-state index contributed by atoms with van der Waals surface area (Å²) in [7, 11) is -4.16. The average Bonchev–Trinajstić information content (AvgIpc) is 2.48. The fourth-order valence-corrected chi connectivity index (χ4v) is 2.93. The van der Waals surface area contributed by atoms with Crippen molar-refractivity contribution < 1.29 is 17.2 Å². The van der Waals surface area contributed by atoms with Crippen LogP contribution in [0.2, 0.25) is 0 Å². The van der Waals surface area contributed by atoms with Gasteiger partial charge in [-0.1, -0.05) is 30.3 Å². The van der Waals surface area contributed by atoms with Gasteiger partial charge in [0.05, 0.1) is 0 Å². The molecule has 21 heavy (non-hydrogen) atoms. The zero-order chi connectivity index (χ0) is 15.5. The third kappa shape index (κ3) is 3.84. The average molecular weight is 312 g/mol.